The molecule has 2 heterocycles. The number of carbonyl (C=O) groups excluding carboxylic acids is 2. The predicted molar refractivity (Wildman–Crippen MR) is 84.6 cm³/mol. The number of rotatable bonds is 6. The Kier molecular flexibility index (Phi) is 5.72. The second-order valence-electron chi connectivity index (χ2n) is 5.48. The van der Waals surface area contributed by atoms with E-state index < -0.39 is 5.91 Å². The molecule has 0 bridgehead atoms. The van der Waals surface area contributed by atoms with Crippen LogP contribution in [-0.4, -0.2) is 49.9 Å². The van der Waals surface area contributed by atoms with E-state index in [1.165, 1.54) is 24.2 Å². The first-order chi connectivity index (χ1) is 10.1. The number of nitrogens with one attached hydrogen (secondary N) is 2. The molecule has 0 saturated carbocycles. The third-order valence-electron chi connectivity index (χ3n) is 3.57. The van der Waals surface area contributed by atoms with Crippen molar-refractivity contribution in [3.05, 3.63) is 17.0 Å². The van der Waals surface area contributed by atoms with Crippen LogP contribution in [-0.2, 0) is 4.79 Å². The molecular weight excluding hydrogens is 288 g/mol. The number of anilines is 1. The second-order valence-corrected chi connectivity index (χ2v) is 6.40. The van der Waals surface area contributed by atoms with Crippen LogP contribution < -0.4 is 16.4 Å². The van der Waals surface area contributed by atoms with Gasteiger partial charge in [0.05, 0.1) is 12.1 Å². The topological polar surface area (TPSA) is 87.5 Å². The summed E-state index contributed by atoms with van der Waals surface area (Å²) in [6, 6.07) is 1.63. The molecule has 1 saturated heterocycles. The highest BCUT2D eigenvalue weighted by molar-refractivity contribution is 7.14. The van der Waals surface area contributed by atoms with Gasteiger partial charge < -0.3 is 16.4 Å². The van der Waals surface area contributed by atoms with E-state index in [-0.39, 0.29) is 5.91 Å². The molecule has 0 radical (unpaired) electrons. The van der Waals surface area contributed by atoms with Gasteiger partial charge in [-0.1, -0.05) is 0 Å². The van der Waals surface area contributed by atoms with Gasteiger partial charge in [0.15, 0.2) is 0 Å². The molecule has 0 spiro atoms. The van der Waals surface area contributed by atoms with Crippen molar-refractivity contribution in [3.8, 4) is 0 Å². The Labute approximate surface area is 128 Å². The van der Waals surface area contributed by atoms with Crippen LogP contribution in [0.15, 0.2) is 11.4 Å². The molecule has 0 aromatic carbocycles. The summed E-state index contributed by atoms with van der Waals surface area (Å²) in [7, 11) is 1.94. The van der Waals surface area contributed by atoms with Gasteiger partial charge in [0.2, 0.25) is 5.91 Å². The van der Waals surface area contributed by atoms with Crippen LogP contribution in [0.4, 0.5) is 5.00 Å². The number of hydrogen-bond donors (Lipinski definition) is 3. The first kappa shape index (κ1) is 15.9. The zero-order valence-corrected chi connectivity index (χ0v) is 13.0. The molecule has 0 aliphatic carbocycles. The normalized spacial score (nSPS) is 18.7. The highest BCUT2D eigenvalue weighted by atomic mass is 32.1. The number of carbonyl (C=O) groups is 2. The Hall–Kier alpha value is -1.44. The minimum atomic E-state index is -0.520. The molecule has 1 atom stereocenters. The van der Waals surface area contributed by atoms with Crippen molar-refractivity contribution >= 4 is 28.2 Å². The highest BCUT2D eigenvalue weighted by Crippen LogP contribution is 2.22. The molecule has 6 nitrogen and oxygen atoms in total. The van der Waals surface area contributed by atoms with Crippen molar-refractivity contribution in [2.75, 3.05) is 38.5 Å². The Morgan fingerprint density at radius 3 is 3.05 bits per heavy atom. The molecule has 1 aliphatic heterocycles. The molecule has 1 fully saturated rings. The van der Waals surface area contributed by atoms with Gasteiger partial charge in [-0.3, -0.25) is 14.5 Å². The summed E-state index contributed by atoms with van der Waals surface area (Å²) in [6.45, 7) is 3.32. The van der Waals surface area contributed by atoms with Crippen LogP contribution in [0.2, 0.25) is 0 Å². The van der Waals surface area contributed by atoms with Crippen LogP contribution >= 0.6 is 11.3 Å². The molecule has 1 unspecified atom stereocenters. The van der Waals surface area contributed by atoms with Crippen molar-refractivity contribution in [3.63, 3.8) is 0 Å². The predicted octanol–water partition coefficient (Wildman–Crippen LogP) is 0.717. The maximum Gasteiger partial charge on any atom is 0.251 e. The van der Waals surface area contributed by atoms with Gasteiger partial charge in [0.25, 0.3) is 5.91 Å². The van der Waals surface area contributed by atoms with Crippen molar-refractivity contribution in [1.82, 2.24) is 10.2 Å². The molecule has 1 aromatic rings. The average Bonchev–Trinajstić information content (AvgIpc) is 2.87. The number of thiophene rings is 1. The van der Waals surface area contributed by atoms with E-state index in [0.717, 1.165) is 19.6 Å². The van der Waals surface area contributed by atoms with E-state index in [1.54, 1.807) is 11.4 Å². The lowest BCUT2D eigenvalue weighted by molar-refractivity contribution is -0.117. The summed E-state index contributed by atoms with van der Waals surface area (Å²) < 4.78 is 0. The fourth-order valence-electron chi connectivity index (χ4n) is 2.60. The Morgan fingerprint density at radius 1 is 1.57 bits per heavy atom. The minimum Gasteiger partial charge on any atom is -0.366 e. The van der Waals surface area contributed by atoms with Crippen LogP contribution in [0.3, 0.4) is 0 Å². The van der Waals surface area contributed by atoms with E-state index in [2.05, 4.69) is 10.6 Å². The molecule has 2 amide bonds. The van der Waals surface area contributed by atoms with E-state index >= 15 is 0 Å². The van der Waals surface area contributed by atoms with Crippen molar-refractivity contribution in [2.45, 2.75) is 12.8 Å². The smallest absolute Gasteiger partial charge is 0.251 e. The summed E-state index contributed by atoms with van der Waals surface area (Å²) in [4.78, 5) is 25.3. The maximum absolute atomic E-state index is 12.0. The number of primary amides is 1. The third kappa shape index (κ3) is 4.80. The Bertz CT molecular complexity index is 497. The van der Waals surface area contributed by atoms with Gasteiger partial charge in [-0.05, 0) is 50.3 Å². The molecular formula is C14H22N4O2S. The molecule has 7 heteroatoms. The van der Waals surface area contributed by atoms with E-state index in [4.69, 9.17) is 5.73 Å². The molecule has 1 aromatic heterocycles. The largest absolute Gasteiger partial charge is 0.366 e. The summed E-state index contributed by atoms with van der Waals surface area (Å²) in [5.41, 5.74) is 5.63. The van der Waals surface area contributed by atoms with Gasteiger partial charge in [-0.2, -0.15) is 0 Å². The third-order valence-corrected chi connectivity index (χ3v) is 4.40. The molecule has 21 heavy (non-hydrogen) atoms. The van der Waals surface area contributed by atoms with Gasteiger partial charge in [0, 0.05) is 6.54 Å². The average molecular weight is 310 g/mol. The zero-order valence-electron chi connectivity index (χ0n) is 12.2. The lowest BCUT2D eigenvalue weighted by Gasteiger charge is -2.27. The lowest BCUT2D eigenvalue weighted by Crippen LogP contribution is -2.39. The first-order valence-corrected chi connectivity index (χ1v) is 8.00. The lowest BCUT2D eigenvalue weighted by atomic mass is 9.99. The van der Waals surface area contributed by atoms with E-state index in [0.29, 0.717) is 23.0 Å². The SMILES string of the molecule is CN(CC(=O)Nc1sccc1C(N)=O)CC1CCCNC1. The Morgan fingerprint density at radius 2 is 2.38 bits per heavy atom. The molecule has 2 rings (SSSR count). The van der Waals surface area contributed by atoms with Crippen molar-refractivity contribution in [1.29, 1.82) is 0 Å². The number of nitrogens with two attached hydrogens (primary N) is 1. The van der Waals surface area contributed by atoms with Crippen LogP contribution in [0.25, 0.3) is 0 Å². The number of amides is 2. The molecule has 4 N–H and O–H groups in total. The minimum absolute atomic E-state index is 0.119. The monoisotopic (exact) mass is 310 g/mol. The van der Waals surface area contributed by atoms with E-state index in [9.17, 15) is 9.59 Å². The fraction of sp³-hybridized carbons (Fsp3) is 0.571. The summed E-state index contributed by atoms with van der Waals surface area (Å²) >= 11 is 1.31. The Balaban J connectivity index is 1.80. The first-order valence-electron chi connectivity index (χ1n) is 7.12. The van der Waals surface area contributed by atoms with Crippen LogP contribution in [0.1, 0.15) is 23.2 Å². The van der Waals surface area contributed by atoms with E-state index in [1.807, 2.05) is 11.9 Å². The zero-order chi connectivity index (χ0) is 15.2. The van der Waals surface area contributed by atoms with Gasteiger partial charge in [-0.25, -0.2) is 0 Å². The standard InChI is InChI=1S/C14H22N4O2S/c1-18(8-10-3-2-5-16-7-10)9-12(19)17-14-11(13(15)20)4-6-21-14/h4,6,10,16H,2-3,5,7-9H2,1H3,(H2,15,20)(H,17,19). The number of likely N-dealkylation sites (N-methyl/N-ethyl adjacent to an activating group) is 1. The summed E-state index contributed by atoms with van der Waals surface area (Å²) in [5, 5.41) is 8.41. The number of nitrogens with zero attached hydrogens (tertiary/aromatic N) is 1. The van der Waals surface area contributed by atoms with Crippen molar-refractivity contribution in [2.24, 2.45) is 11.7 Å². The maximum atomic E-state index is 12.0. The second kappa shape index (κ2) is 7.53. The van der Waals surface area contributed by atoms with Crippen LogP contribution in [0, 0.1) is 5.92 Å². The van der Waals surface area contributed by atoms with Gasteiger partial charge in [-0.15, -0.1) is 11.3 Å². The van der Waals surface area contributed by atoms with Gasteiger partial charge >= 0.3 is 0 Å². The van der Waals surface area contributed by atoms with Crippen molar-refractivity contribution < 1.29 is 9.59 Å². The summed E-state index contributed by atoms with van der Waals surface area (Å²) in [6.07, 6.45) is 2.40. The molecule has 1 aliphatic rings. The highest BCUT2D eigenvalue weighted by Gasteiger charge is 2.17. The fourth-order valence-corrected chi connectivity index (χ4v) is 3.41. The number of hydrogen-bond acceptors (Lipinski definition) is 5. The molecule has 116 valence electrons. The quantitative estimate of drug-likeness (QED) is 0.722. The van der Waals surface area contributed by atoms with Crippen LogP contribution in [0.5, 0.6) is 0 Å². The van der Waals surface area contributed by atoms with Gasteiger partial charge in [0.1, 0.15) is 5.00 Å². The summed E-state index contributed by atoms with van der Waals surface area (Å²) in [5.74, 6) is -0.0427. The number of piperidine rings is 1.